The van der Waals surface area contributed by atoms with Gasteiger partial charge < -0.3 is 5.32 Å². The van der Waals surface area contributed by atoms with Gasteiger partial charge in [0.25, 0.3) is 0 Å². The van der Waals surface area contributed by atoms with E-state index >= 15 is 0 Å². The van der Waals surface area contributed by atoms with Crippen LogP contribution in [0.4, 0.5) is 23.2 Å². The Morgan fingerprint density at radius 1 is 0.852 bits per heavy atom. The first-order chi connectivity index (χ1) is 13.0. The molecule has 2 heterocycles. The van der Waals surface area contributed by atoms with Crippen molar-refractivity contribution in [2.24, 2.45) is 0 Å². The molecule has 3 rings (SSSR count). The van der Waals surface area contributed by atoms with Gasteiger partial charge in [-0.05, 0) is 24.3 Å². The Bertz CT molecular complexity index is 937. The third-order valence-corrected chi connectivity index (χ3v) is 3.81. The maximum Gasteiger partial charge on any atom is 0.200 e. The molecule has 2 aromatic heterocycles. The Morgan fingerprint density at radius 3 is 2.04 bits per heavy atom. The van der Waals surface area contributed by atoms with E-state index < -0.39 is 53.3 Å². The topological polar surface area (TPSA) is 54.9 Å². The lowest BCUT2D eigenvalue weighted by molar-refractivity contribution is 0.100. The van der Waals surface area contributed by atoms with Crippen LogP contribution in [-0.4, -0.2) is 22.3 Å². The van der Waals surface area contributed by atoms with Gasteiger partial charge in [-0.1, -0.05) is 12.1 Å². The van der Waals surface area contributed by atoms with Gasteiger partial charge in [0.05, 0.1) is 6.54 Å². The van der Waals surface area contributed by atoms with E-state index in [2.05, 4.69) is 15.3 Å². The minimum atomic E-state index is -1.60. The van der Waals surface area contributed by atoms with Gasteiger partial charge in [0, 0.05) is 30.1 Å². The van der Waals surface area contributed by atoms with Gasteiger partial charge in [0.2, 0.25) is 0 Å². The Hall–Kier alpha value is -3.29. The SMILES string of the molecule is O=C(CNc1c(F)c(F)c(Cc2ccccn2)c(F)c1F)c1ccccn1. The normalized spacial score (nSPS) is 10.7. The molecule has 0 spiro atoms. The maximum atomic E-state index is 14.3. The van der Waals surface area contributed by atoms with E-state index in [1.807, 2.05) is 0 Å². The number of hydrogen-bond acceptors (Lipinski definition) is 4. The highest BCUT2D eigenvalue weighted by molar-refractivity contribution is 5.97. The van der Waals surface area contributed by atoms with Gasteiger partial charge in [0.15, 0.2) is 29.1 Å². The van der Waals surface area contributed by atoms with Crippen LogP contribution < -0.4 is 5.32 Å². The van der Waals surface area contributed by atoms with Crippen LogP contribution in [0.3, 0.4) is 0 Å². The second kappa shape index (κ2) is 7.94. The second-order valence-electron chi connectivity index (χ2n) is 5.60. The molecule has 0 aliphatic carbocycles. The summed E-state index contributed by atoms with van der Waals surface area (Å²) in [4.78, 5) is 19.6. The number of carbonyl (C=O) groups excluding carboxylic acids is 1. The average Bonchev–Trinajstić information content (AvgIpc) is 2.71. The molecule has 8 heteroatoms. The Morgan fingerprint density at radius 2 is 1.48 bits per heavy atom. The fourth-order valence-corrected chi connectivity index (χ4v) is 2.46. The third-order valence-electron chi connectivity index (χ3n) is 3.81. The van der Waals surface area contributed by atoms with Crippen molar-refractivity contribution < 1.29 is 22.4 Å². The lowest BCUT2D eigenvalue weighted by Gasteiger charge is -2.13. The Labute approximate surface area is 151 Å². The number of nitrogens with one attached hydrogen (secondary N) is 1. The molecule has 0 amide bonds. The van der Waals surface area contributed by atoms with Crippen molar-refractivity contribution in [3.63, 3.8) is 0 Å². The highest BCUT2D eigenvalue weighted by Crippen LogP contribution is 2.29. The molecule has 4 nitrogen and oxygen atoms in total. The zero-order valence-electron chi connectivity index (χ0n) is 13.8. The zero-order valence-corrected chi connectivity index (χ0v) is 13.8. The lowest BCUT2D eigenvalue weighted by atomic mass is 10.1. The van der Waals surface area contributed by atoms with Crippen LogP contribution in [0.1, 0.15) is 21.7 Å². The first-order valence-electron chi connectivity index (χ1n) is 7.92. The smallest absolute Gasteiger partial charge is 0.200 e. The van der Waals surface area contributed by atoms with Gasteiger partial charge in [0.1, 0.15) is 11.4 Å². The number of Topliss-reactive ketones (excluding diaryl/α,β-unsaturated/α-hetero) is 1. The van der Waals surface area contributed by atoms with Gasteiger partial charge in [-0.25, -0.2) is 17.6 Å². The number of benzene rings is 1. The largest absolute Gasteiger partial charge is 0.373 e. The lowest BCUT2D eigenvalue weighted by Crippen LogP contribution is -2.18. The predicted octanol–water partition coefficient (Wildman–Crippen LogP) is 3.92. The van der Waals surface area contributed by atoms with Gasteiger partial charge >= 0.3 is 0 Å². The maximum absolute atomic E-state index is 14.3. The fraction of sp³-hybridized carbons (Fsp3) is 0.105. The quantitative estimate of drug-likeness (QED) is 0.403. The summed E-state index contributed by atoms with van der Waals surface area (Å²) in [6.45, 7) is -0.580. The van der Waals surface area contributed by atoms with Crippen molar-refractivity contribution in [2.75, 3.05) is 11.9 Å². The predicted molar refractivity (Wildman–Crippen MR) is 90.4 cm³/mol. The van der Waals surface area contributed by atoms with E-state index in [9.17, 15) is 22.4 Å². The average molecular weight is 375 g/mol. The molecule has 138 valence electrons. The highest BCUT2D eigenvalue weighted by Gasteiger charge is 2.26. The van der Waals surface area contributed by atoms with Crippen LogP contribution in [-0.2, 0) is 6.42 Å². The molecule has 0 unspecified atom stereocenters. The number of halogens is 4. The molecular formula is C19H13F4N3O. The molecule has 1 aromatic carbocycles. The minimum absolute atomic E-state index is 0.0542. The standard InChI is InChI=1S/C19H13F4N3O/c20-15-12(9-11-5-1-3-7-24-11)16(21)18(23)19(17(15)22)26-10-14(27)13-6-2-4-8-25-13/h1-8,26H,9-10H2. The summed E-state index contributed by atoms with van der Waals surface area (Å²) < 4.78 is 57.1. The molecule has 3 aromatic rings. The summed E-state index contributed by atoms with van der Waals surface area (Å²) in [5.74, 6) is -6.87. The van der Waals surface area contributed by atoms with Crippen LogP contribution >= 0.6 is 0 Å². The van der Waals surface area contributed by atoms with Crippen LogP contribution in [0, 0.1) is 23.3 Å². The molecule has 0 atom stereocenters. The molecule has 0 saturated carbocycles. The summed E-state index contributed by atoms with van der Waals surface area (Å²) in [5, 5.41) is 2.12. The third kappa shape index (κ3) is 3.94. The molecule has 1 N–H and O–H groups in total. The molecule has 0 fully saturated rings. The van der Waals surface area contributed by atoms with Crippen LogP contribution in [0.2, 0.25) is 0 Å². The number of nitrogens with zero attached hydrogens (tertiary/aromatic N) is 2. The molecule has 0 bridgehead atoms. The summed E-state index contributed by atoms with van der Waals surface area (Å²) in [5.41, 5.74) is -1.51. The minimum Gasteiger partial charge on any atom is -0.373 e. The van der Waals surface area contributed by atoms with Gasteiger partial charge in [-0.3, -0.25) is 14.8 Å². The van der Waals surface area contributed by atoms with Crippen molar-refractivity contribution in [1.82, 2.24) is 9.97 Å². The van der Waals surface area contributed by atoms with E-state index in [0.29, 0.717) is 0 Å². The monoisotopic (exact) mass is 375 g/mol. The first-order valence-corrected chi connectivity index (χ1v) is 7.92. The highest BCUT2D eigenvalue weighted by atomic mass is 19.2. The van der Waals surface area contributed by atoms with Crippen molar-refractivity contribution in [3.05, 3.63) is 89.0 Å². The van der Waals surface area contributed by atoms with Crippen molar-refractivity contribution in [1.29, 1.82) is 0 Å². The number of anilines is 1. The number of pyridine rings is 2. The molecule has 0 radical (unpaired) electrons. The van der Waals surface area contributed by atoms with E-state index in [-0.39, 0.29) is 11.4 Å². The molecule has 0 saturated heterocycles. The Kier molecular flexibility index (Phi) is 5.44. The van der Waals surface area contributed by atoms with E-state index in [4.69, 9.17) is 0 Å². The summed E-state index contributed by atoms with van der Waals surface area (Å²) in [6.07, 6.45) is 2.36. The summed E-state index contributed by atoms with van der Waals surface area (Å²) >= 11 is 0. The van der Waals surface area contributed by atoms with Crippen LogP contribution in [0.5, 0.6) is 0 Å². The molecular weight excluding hydrogens is 362 g/mol. The van der Waals surface area contributed by atoms with Gasteiger partial charge in [-0.15, -0.1) is 0 Å². The van der Waals surface area contributed by atoms with Gasteiger partial charge in [-0.2, -0.15) is 0 Å². The zero-order chi connectivity index (χ0) is 19.4. The van der Waals surface area contributed by atoms with Crippen LogP contribution in [0.25, 0.3) is 0 Å². The molecule has 0 aliphatic rings. The second-order valence-corrected chi connectivity index (χ2v) is 5.60. The number of aromatic nitrogens is 2. The Balaban J connectivity index is 1.86. The number of ketones is 1. The first kappa shape index (κ1) is 18.5. The molecule has 0 aliphatic heterocycles. The van der Waals surface area contributed by atoms with E-state index in [1.54, 1.807) is 24.3 Å². The van der Waals surface area contributed by atoms with Crippen LogP contribution in [0.15, 0.2) is 48.8 Å². The number of carbonyl (C=O) groups is 1. The summed E-state index contributed by atoms with van der Waals surface area (Å²) in [7, 11) is 0. The summed E-state index contributed by atoms with van der Waals surface area (Å²) in [6, 6.07) is 9.23. The van der Waals surface area contributed by atoms with Crippen molar-refractivity contribution in [3.8, 4) is 0 Å². The number of hydrogen-bond donors (Lipinski definition) is 1. The molecule has 27 heavy (non-hydrogen) atoms. The fourth-order valence-electron chi connectivity index (χ4n) is 2.46. The van der Waals surface area contributed by atoms with Crippen molar-refractivity contribution >= 4 is 11.5 Å². The van der Waals surface area contributed by atoms with E-state index in [1.165, 1.54) is 24.5 Å². The van der Waals surface area contributed by atoms with E-state index in [0.717, 1.165) is 0 Å². The number of rotatable bonds is 6. The van der Waals surface area contributed by atoms with Crippen molar-refractivity contribution in [2.45, 2.75) is 6.42 Å².